The maximum atomic E-state index is 12.9. The molecule has 1 saturated heterocycles. The van der Waals surface area contributed by atoms with Gasteiger partial charge in [0.25, 0.3) is 5.91 Å². The van der Waals surface area contributed by atoms with Crippen LogP contribution in [0.3, 0.4) is 0 Å². The first-order valence-corrected chi connectivity index (χ1v) is 13.4. The van der Waals surface area contributed by atoms with E-state index in [1.807, 2.05) is 29.7 Å². The molecule has 1 unspecified atom stereocenters. The average Bonchev–Trinajstić information content (AvgIpc) is 3.40. The molecule has 1 atom stereocenters. The molecule has 1 fully saturated rings. The van der Waals surface area contributed by atoms with Gasteiger partial charge in [0.2, 0.25) is 10.0 Å². The molecule has 0 saturated carbocycles. The predicted molar refractivity (Wildman–Crippen MR) is 128 cm³/mol. The Labute approximate surface area is 199 Å². The molecule has 1 aromatic heterocycles. The minimum absolute atomic E-state index is 0.0679. The number of hydrogen-bond acceptors (Lipinski definition) is 5. The van der Waals surface area contributed by atoms with E-state index in [2.05, 4.69) is 20.9 Å². The maximum absolute atomic E-state index is 12.9. The number of nitrogens with zero attached hydrogens (tertiary/aromatic N) is 3. The molecule has 2 heterocycles. The van der Waals surface area contributed by atoms with Gasteiger partial charge in [0, 0.05) is 36.8 Å². The van der Waals surface area contributed by atoms with E-state index < -0.39 is 15.9 Å². The third kappa shape index (κ3) is 4.74. The highest BCUT2D eigenvalue weighted by Crippen LogP contribution is 2.23. The second-order valence-electron chi connectivity index (χ2n) is 7.60. The zero-order chi connectivity index (χ0) is 22.9. The third-order valence-electron chi connectivity index (χ3n) is 5.45. The molecule has 1 aliphatic heterocycles. The summed E-state index contributed by atoms with van der Waals surface area (Å²) in [6, 6.07) is 11.9. The molecule has 0 spiro atoms. The van der Waals surface area contributed by atoms with Crippen molar-refractivity contribution in [1.82, 2.24) is 8.87 Å². The zero-order valence-electron chi connectivity index (χ0n) is 17.8. The van der Waals surface area contributed by atoms with Gasteiger partial charge in [0.1, 0.15) is 0 Å². The molecule has 10 heteroatoms. The molecule has 0 N–H and O–H groups in total. The topological polar surface area (TPSA) is 81.0 Å². The van der Waals surface area contributed by atoms with Gasteiger partial charge in [0.15, 0.2) is 4.80 Å². The number of aryl methyl sites for hydroxylation is 1. The second-order valence-corrected chi connectivity index (χ2v) is 11.6. The summed E-state index contributed by atoms with van der Waals surface area (Å²) >= 11 is 4.92. The number of halogens is 1. The smallest absolute Gasteiger partial charge is 0.279 e. The lowest BCUT2D eigenvalue weighted by Gasteiger charge is -2.20. The largest absolute Gasteiger partial charge is 0.377 e. The maximum Gasteiger partial charge on any atom is 0.279 e. The number of amides is 1. The summed E-state index contributed by atoms with van der Waals surface area (Å²) in [6.07, 6.45) is 1.75. The number of aromatic nitrogens is 1. The first-order valence-electron chi connectivity index (χ1n) is 10.4. The van der Waals surface area contributed by atoms with E-state index in [0.717, 1.165) is 27.5 Å². The molecule has 7 nitrogen and oxygen atoms in total. The summed E-state index contributed by atoms with van der Waals surface area (Å²) in [6.45, 7) is 3.68. The summed E-state index contributed by atoms with van der Waals surface area (Å²) in [5.74, 6) is -0.408. The Morgan fingerprint density at radius 2 is 2.03 bits per heavy atom. The number of fused-ring (bicyclic) bond motifs is 1. The minimum Gasteiger partial charge on any atom is -0.377 e. The van der Waals surface area contributed by atoms with Gasteiger partial charge in [-0.05, 0) is 62.2 Å². The Bertz CT molecular complexity index is 1310. The van der Waals surface area contributed by atoms with Crippen molar-refractivity contribution in [3.63, 3.8) is 0 Å². The standard InChI is InChI=1S/C22H24BrN3O4S2/c1-3-26-19-11-8-16(23)13-20(19)31-22(26)24-21(27)15-6-9-18(10-7-15)32(28,29)25(2)14-17-5-4-12-30-17/h6-11,13,17H,3-5,12,14H2,1-2H3. The van der Waals surface area contributed by atoms with Crippen molar-refractivity contribution in [2.24, 2.45) is 4.99 Å². The van der Waals surface area contributed by atoms with Crippen molar-refractivity contribution >= 4 is 53.4 Å². The van der Waals surface area contributed by atoms with Crippen LogP contribution in [0.15, 0.2) is 56.8 Å². The second kappa shape index (κ2) is 9.56. The first kappa shape index (κ1) is 23.3. The number of carbonyl (C=O) groups excluding carboxylic acids is 1. The lowest BCUT2D eigenvalue weighted by Crippen LogP contribution is -2.34. The molecule has 2 aromatic carbocycles. The molecule has 170 valence electrons. The average molecular weight is 538 g/mol. The van der Waals surface area contributed by atoms with Crippen LogP contribution in [0.25, 0.3) is 10.2 Å². The van der Waals surface area contributed by atoms with E-state index in [4.69, 9.17) is 4.74 Å². The van der Waals surface area contributed by atoms with Crippen LogP contribution in [0.5, 0.6) is 0 Å². The third-order valence-corrected chi connectivity index (χ3v) is 8.82. The van der Waals surface area contributed by atoms with Crippen molar-refractivity contribution < 1.29 is 17.9 Å². The van der Waals surface area contributed by atoms with Gasteiger partial charge in [-0.25, -0.2) is 8.42 Å². The summed E-state index contributed by atoms with van der Waals surface area (Å²) < 4.78 is 36.6. The van der Waals surface area contributed by atoms with Crippen molar-refractivity contribution in [3.05, 3.63) is 57.3 Å². The van der Waals surface area contributed by atoms with Crippen LogP contribution in [0.4, 0.5) is 0 Å². The highest BCUT2D eigenvalue weighted by atomic mass is 79.9. The molecule has 0 radical (unpaired) electrons. The molecule has 1 aliphatic rings. The number of sulfonamides is 1. The Kier molecular flexibility index (Phi) is 6.97. The van der Waals surface area contributed by atoms with Crippen LogP contribution < -0.4 is 4.80 Å². The summed E-state index contributed by atoms with van der Waals surface area (Å²) in [5, 5.41) is 0. The first-order chi connectivity index (χ1) is 15.3. The molecule has 1 amide bonds. The molecule has 32 heavy (non-hydrogen) atoms. The predicted octanol–water partition coefficient (Wildman–Crippen LogP) is 4.03. The molecule has 3 aromatic rings. The van der Waals surface area contributed by atoms with Crippen molar-refractivity contribution in [2.45, 2.75) is 37.3 Å². The fourth-order valence-electron chi connectivity index (χ4n) is 3.71. The van der Waals surface area contributed by atoms with Gasteiger partial charge >= 0.3 is 0 Å². The molecule has 0 aliphatic carbocycles. The highest BCUT2D eigenvalue weighted by molar-refractivity contribution is 9.10. The number of rotatable bonds is 6. The number of carbonyl (C=O) groups is 1. The monoisotopic (exact) mass is 537 g/mol. The number of ether oxygens (including phenoxy) is 1. The van der Waals surface area contributed by atoms with Crippen molar-refractivity contribution in [3.8, 4) is 0 Å². The molecular weight excluding hydrogens is 514 g/mol. The van der Waals surface area contributed by atoms with Gasteiger partial charge in [-0.3, -0.25) is 4.79 Å². The van der Waals surface area contributed by atoms with Gasteiger partial charge in [-0.2, -0.15) is 9.30 Å². The van der Waals surface area contributed by atoms with E-state index in [0.29, 0.717) is 30.1 Å². The number of thiazole rings is 1. The van der Waals surface area contributed by atoms with Crippen LogP contribution in [-0.2, 0) is 21.3 Å². The molecular formula is C22H24BrN3O4S2. The van der Waals surface area contributed by atoms with Crippen LogP contribution in [0.2, 0.25) is 0 Å². The van der Waals surface area contributed by atoms with E-state index in [1.54, 1.807) is 7.05 Å². The van der Waals surface area contributed by atoms with Gasteiger partial charge in [-0.15, -0.1) is 0 Å². The minimum atomic E-state index is -3.65. The van der Waals surface area contributed by atoms with Crippen LogP contribution in [-0.4, -0.2) is 49.5 Å². The van der Waals surface area contributed by atoms with Crippen molar-refractivity contribution in [1.29, 1.82) is 0 Å². The fourth-order valence-corrected chi connectivity index (χ4v) is 6.56. The highest BCUT2D eigenvalue weighted by Gasteiger charge is 2.26. The SMILES string of the molecule is CCn1c(=NC(=O)c2ccc(S(=O)(=O)N(C)CC3CCCO3)cc2)sc2cc(Br)ccc21. The molecule has 4 rings (SSSR count). The number of benzene rings is 2. The summed E-state index contributed by atoms with van der Waals surface area (Å²) in [5.41, 5.74) is 1.36. The number of likely N-dealkylation sites (N-methyl/N-ethyl adjacent to an activating group) is 1. The summed E-state index contributed by atoms with van der Waals surface area (Å²) in [7, 11) is -2.10. The number of hydrogen-bond donors (Lipinski definition) is 0. The van der Waals surface area contributed by atoms with Crippen LogP contribution >= 0.6 is 27.3 Å². The Hall–Kier alpha value is -1.85. The van der Waals surface area contributed by atoms with Gasteiger partial charge in [-0.1, -0.05) is 27.3 Å². The van der Waals surface area contributed by atoms with Crippen LogP contribution in [0.1, 0.15) is 30.1 Å². The lowest BCUT2D eigenvalue weighted by atomic mass is 10.2. The normalized spacial score (nSPS) is 17.5. The zero-order valence-corrected chi connectivity index (χ0v) is 21.0. The lowest BCUT2D eigenvalue weighted by molar-refractivity contribution is 0.0979. The quantitative estimate of drug-likeness (QED) is 0.475. The fraction of sp³-hybridized carbons (Fsp3) is 0.364. The summed E-state index contributed by atoms with van der Waals surface area (Å²) in [4.78, 5) is 17.9. The van der Waals surface area contributed by atoms with E-state index in [1.165, 1.54) is 39.9 Å². The van der Waals surface area contributed by atoms with E-state index in [9.17, 15) is 13.2 Å². The van der Waals surface area contributed by atoms with E-state index in [-0.39, 0.29) is 11.0 Å². The Balaban J connectivity index is 1.58. The Morgan fingerprint density at radius 3 is 2.69 bits per heavy atom. The van der Waals surface area contributed by atoms with Gasteiger partial charge < -0.3 is 9.30 Å². The van der Waals surface area contributed by atoms with E-state index >= 15 is 0 Å². The van der Waals surface area contributed by atoms with Gasteiger partial charge in [0.05, 0.1) is 21.2 Å². The molecule has 0 bridgehead atoms. The van der Waals surface area contributed by atoms with Crippen LogP contribution in [0, 0.1) is 0 Å². The van der Waals surface area contributed by atoms with Crippen molar-refractivity contribution in [2.75, 3.05) is 20.2 Å². The Morgan fingerprint density at radius 1 is 1.28 bits per heavy atom.